The van der Waals surface area contributed by atoms with Crippen LogP contribution in [0.3, 0.4) is 0 Å². The van der Waals surface area contributed by atoms with Crippen molar-refractivity contribution in [3.63, 3.8) is 0 Å². The molecule has 1 aromatic heterocycles. The van der Waals surface area contributed by atoms with E-state index in [4.69, 9.17) is 10.5 Å². The summed E-state index contributed by atoms with van der Waals surface area (Å²) < 4.78 is 5.23. The zero-order valence-corrected chi connectivity index (χ0v) is 14.9. The van der Waals surface area contributed by atoms with Gasteiger partial charge in [0.1, 0.15) is 5.60 Å². The Labute approximate surface area is 151 Å². The average Bonchev–Trinajstić information content (AvgIpc) is 2.93. The average molecular weight is 351 g/mol. The largest absolute Gasteiger partial charge is 0.444 e. The molecule has 0 aliphatic rings. The molecular weight excluding hydrogens is 330 g/mol. The molecule has 3 aromatic rings. The molecule has 26 heavy (non-hydrogen) atoms. The van der Waals surface area contributed by atoms with Crippen molar-refractivity contribution in [2.75, 3.05) is 5.32 Å². The molecule has 6 nitrogen and oxygen atoms in total. The Morgan fingerprint density at radius 3 is 2.31 bits per heavy atom. The van der Waals surface area contributed by atoms with E-state index in [2.05, 4.69) is 10.3 Å². The molecule has 0 saturated carbocycles. The summed E-state index contributed by atoms with van der Waals surface area (Å²) in [6.07, 6.45) is -0.520. The summed E-state index contributed by atoms with van der Waals surface area (Å²) in [5, 5.41) is 3.46. The number of rotatable bonds is 3. The third kappa shape index (κ3) is 3.69. The highest BCUT2D eigenvalue weighted by molar-refractivity contribution is 6.11. The van der Waals surface area contributed by atoms with Gasteiger partial charge in [0, 0.05) is 16.6 Å². The van der Waals surface area contributed by atoms with E-state index in [0.717, 1.165) is 16.5 Å². The summed E-state index contributed by atoms with van der Waals surface area (Å²) in [5.74, 6) is -0.492. The minimum absolute atomic E-state index is 0.452. The standard InChI is InChI=1S/C20H21N3O3/c1-20(2,3)26-19(25)22-13-10-8-12(9-11-13)17-16(18(21)24)14-6-4-5-7-15(14)23-17/h4-11,23H,1-3H3,(H2,21,24)(H,22,25). The number of fused-ring (bicyclic) bond motifs is 1. The number of hydrogen-bond donors (Lipinski definition) is 3. The highest BCUT2D eigenvalue weighted by Gasteiger charge is 2.18. The SMILES string of the molecule is CC(C)(C)OC(=O)Nc1ccc(-c2[nH]c3ccccc3c2C(N)=O)cc1. The highest BCUT2D eigenvalue weighted by atomic mass is 16.6. The number of amides is 2. The quantitative estimate of drug-likeness (QED) is 0.657. The van der Waals surface area contributed by atoms with Crippen molar-refractivity contribution in [1.82, 2.24) is 4.98 Å². The number of benzene rings is 2. The number of carbonyl (C=O) groups is 2. The lowest BCUT2D eigenvalue weighted by atomic mass is 10.0. The van der Waals surface area contributed by atoms with Gasteiger partial charge in [-0.05, 0) is 44.5 Å². The van der Waals surface area contributed by atoms with Gasteiger partial charge in [-0.2, -0.15) is 0 Å². The van der Waals surface area contributed by atoms with Crippen molar-refractivity contribution in [1.29, 1.82) is 0 Å². The molecule has 2 amide bonds. The van der Waals surface area contributed by atoms with Crippen molar-refractivity contribution >= 4 is 28.6 Å². The van der Waals surface area contributed by atoms with Gasteiger partial charge in [-0.3, -0.25) is 10.1 Å². The van der Waals surface area contributed by atoms with Crippen LogP contribution in [0.1, 0.15) is 31.1 Å². The number of para-hydroxylation sites is 1. The summed E-state index contributed by atoms with van der Waals surface area (Å²) in [4.78, 5) is 27.0. The number of carbonyl (C=O) groups excluding carboxylic acids is 2. The third-order valence-corrected chi connectivity index (χ3v) is 3.77. The number of aromatic nitrogens is 1. The molecule has 0 saturated heterocycles. The monoisotopic (exact) mass is 351 g/mol. The van der Waals surface area contributed by atoms with Crippen LogP contribution in [-0.2, 0) is 4.74 Å². The fourth-order valence-corrected chi connectivity index (χ4v) is 2.76. The summed E-state index contributed by atoms with van der Waals surface area (Å²) in [5.41, 5.74) is 8.36. The molecule has 0 aliphatic carbocycles. The number of nitrogens with one attached hydrogen (secondary N) is 2. The van der Waals surface area contributed by atoms with Gasteiger partial charge >= 0.3 is 6.09 Å². The van der Waals surface area contributed by atoms with Crippen LogP contribution in [0.5, 0.6) is 0 Å². The smallest absolute Gasteiger partial charge is 0.412 e. The zero-order chi connectivity index (χ0) is 18.9. The second-order valence-corrected chi connectivity index (χ2v) is 6.99. The van der Waals surface area contributed by atoms with Crippen LogP contribution in [0, 0.1) is 0 Å². The molecule has 0 bridgehead atoms. The molecule has 0 unspecified atom stereocenters. The van der Waals surface area contributed by atoms with Crippen LogP contribution < -0.4 is 11.1 Å². The van der Waals surface area contributed by atoms with E-state index in [1.54, 1.807) is 32.9 Å². The molecule has 1 heterocycles. The Morgan fingerprint density at radius 1 is 1.04 bits per heavy atom. The van der Waals surface area contributed by atoms with Crippen LogP contribution in [0.25, 0.3) is 22.2 Å². The van der Waals surface area contributed by atoms with Crippen LogP contribution in [0.4, 0.5) is 10.5 Å². The van der Waals surface area contributed by atoms with Crippen LogP contribution >= 0.6 is 0 Å². The van der Waals surface area contributed by atoms with E-state index in [1.807, 2.05) is 36.4 Å². The van der Waals surface area contributed by atoms with Gasteiger partial charge in [0.15, 0.2) is 0 Å². The van der Waals surface area contributed by atoms with Gasteiger partial charge in [0.25, 0.3) is 5.91 Å². The maximum absolute atomic E-state index is 11.9. The third-order valence-electron chi connectivity index (χ3n) is 3.77. The molecule has 0 aliphatic heterocycles. The zero-order valence-electron chi connectivity index (χ0n) is 14.9. The lowest BCUT2D eigenvalue weighted by Crippen LogP contribution is -2.27. The lowest BCUT2D eigenvalue weighted by Gasteiger charge is -2.19. The number of nitrogens with two attached hydrogens (primary N) is 1. The number of aromatic amines is 1. The minimum atomic E-state index is -0.565. The first-order valence-corrected chi connectivity index (χ1v) is 8.25. The number of hydrogen-bond acceptors (Lipinski definition) is 3. The van der Waals surface area contributed by atoms with Crippen molar-refractivity contribution in [2.24, 2.45) is 5.73 Å². The Balaban J connectivity index is 1.90. The molecule has 0 radical (unpaired) electrons. The second kappa shape index (κ2) is 6.55. The van der Waals surface area contributed by atoms with Gasteiger partial charge in [-0.15, -0.1) is 0 Å². The van der Waals surface area contributed by atoms with Crippen molar-refractivity contribution < 1.29 is 14.3 Å². The van der Waals surface area contributed by atoms with E-state index in [-0.39, 0.29) is 0 Å². The number of ether oxygens (including phenoxy) is 1. The van der Waals surface area contributed by atoms with E-state index < -0.39 is 17.6 Å². The first kappa shape index (κ1) is 17.5. The van der Waals surface area contributed by atoms with E-state index >= 15 is 0 Å². The van der Waals surface area contributed by atoms with Gasteiger partial charge in [-0.25, -0.2) is 4.79 Å². The summed E-state index contributed by atoms with van der Waals surface area (Å²) in [7, 11) is 0. The Hall–Kier alpha value is -3.28. The molecule has 6 heteroatoms. The normalized spacial score (nSPS) is 11.3. The van der Waals surface area contributed by atoms with E-state index in [9.17, 15) is 9.59 Å². The van der Waals surface area contributed by atoms with Gasteiger partial charge < -0.3 is 15.5 Å². The summed E-state index contributed by atoms with van der Waals surface area (Å²) in [6, 6.07) is 14.6. The van der Waals surface area contributed by atoms with Crippen LogP contribution in [0.15, 0.2) is 48.5 Å². The molecule has 3 rings (SSSR count). The fourth-order valence-electron chi connectivity index (χ4n) is 2.76. The first-order chi connectivity index (χ1) is 12.2. The predicted octanol–water partition coefficient (Wildman–Crippen LogP) is 4.28. The van der Waals surface area contributed by atoms with Crippen molar-refractivity contribution in [3.05, 3.63) is 54.1 Å². The van der Waals surface area contributed by atoms with Gasteiger partial charge in [-0.1, -0.05) is 30.3 Å². The lowest BCUT2D eigenvalue weighted by molar-refractivity contribution is 0.0635. The van der Waals surface area contributed by atoms with Crippen molar-refractivity contribution in [2.45, 2.75) is 26.4 Å². The number of anilines is 1. The second-order valence-electron chi connectivity index (χ2n) is 6.99. The number of primary amides is 1. The van der Waals surface area contributed by atoms with Gasteiger partial charge in [0.05, 0.1) is 11.3 Å². The van der Waals surface area contributed by atoms with E-state index in [0.29, 0.717) is 16.9 Å². The maximum Gasteiger partial charge on any atom is 0.412 e. The maximum atomic E-state index is 11.9. The number of H-pyrrole nitrogens is 1. The molecule has 2 aromatic carbocycles. The van der Waals surface area contributed by atoms with Crippen LogP contribution in [0.2, 0.25) is 0 Å². The Bertz CT molecular complexity index is 966. The van der Waals surface area contributed by atoms with Crippen LogP contribution in [-0.4, -0.2) is 22.6 Å². The summed E-state index contributed by atoms with van der Waals surface area (Å²) >= 11 is 0. The molecule has 0 fully saturated rings. The molecule has 4 N–H and O–H groups in total. The molecule has 0 spiro atoms. The minimum Gasteiger partial charge on any atom is -0.444 e. The first-order valence-electron chi connectivity index (χ1n) is 8.25. The Morgan fingerprint density at radius 2 is 1.69 bits per heavy atom. The Kier molecular flexibility index (Phi) is 4.42. The summed E-state index contributed by atoms with van der Waals surface area (Å²) in [6.45, 7) is 5.41. The molecule has 134 valence electrons. The molecule has 0 atom stereocenters. The van der Waals surface area contributed by atoms with E-state index in [1.165, 1.54) is 0 Å². The fraction of sp³-hybridized carbons (Fsp3) is 0.200. The highest BCUT2D eigenvalue weighted by Crippen LogP contribution is 2.30. The van der Waals surface area contributed by atoms with Gasteiger partial charge in [0.2, 0.25) is 0 Å². The molecular formula is C20H21N3O3. The topological polar surface area (TPSA) is 97.2 Å². The predicted molar refractivity (Wildman–Crippen MR) is 102 cm³/mol. The van der Waals surface area contributed by atoms with Crippen molar-refractivity contribution in [3.8, 4) is 11.3 Å².